The fourth-order valence-corrected chi connectivity index (χ4v) is 2.36. The Kier molecular flexibility index (Phi) is 4.54. The van der Waals surface area contributed by atoms with Crippen LogP contribution in [-0.2, 0) is 18.0 Å². The first kappa shape index (κ1) is 13.6. The van der Waals surface area contributed by atoms with Crippen molar-refractivity contribution in [1.82, 2.24) is 0 Å². The first-order valence-corrected chi connectivity index (χ1v) is 6.70. The van der Waals surface area contributed by atoms with Crippen LogP contribution >= 0.6 is 11.3 Å². The zero-order valence-corrected chi connectivity index (χ0v) is 11.5. The van der Waals surface area contributed by atoms with Crippen molar-refractivity contribution in [2.24, 2.45) is 5.73 Å². The van der Waals surface area contributed by atoms with E-state index < -0.39 is 0 Å². The van der Waals surface area contributed by atoms with Crippen molar-refractivity contribution in [1.29, 1.82) is 5.41 Å². The van der Waals surface area contributed by atoms with E-state index in [2.05, 4.69) is 0 Å². The Morgan fingerprint density at radius 3 is 2.79 bits per heavy atom. The van der Waals surface area contributed by atoms with Crippen molar-refractivity contribution in [3.05, 3.63) is 51.7 Å². The van der Waals surface area contributed by atoms with E-state index in [9.17, 15) is 0 Å². The second-order valence-corrected chi connectivity index (χ2v) is 5.05. The minimum absolute atomic E-state index is 0.00282. The molecule has 3 N–H and O–H groups in total. The Labute approximate surface area is 116 Å². The standard InChI is InChI=1S/C14H16N2O2S/c1-17-13-5-4-10(7-12(13)14(15)16)8-18-9-11-3-2-6-19-11/h2-7H,8-9H2,1H3,(H3,15,16). The second-order valence-electron chi connectivity index (χ2n) is 4.02. The molecule has 0 unspecified atom stereocenters. The second kappa shape index (κ2) is 6.36. The van der Waals surface area contributed by atoms with Crippen molar-refractivity contribution in [2.75, 3.05) is 7.11 Å². The third-order valence-electron chi connectivity index (χ3n) is 2.65. The fraction of sp³-hybridized carbons (Fsp3) is 0.214. The first-order chi connectivity index (χ1) is 9.20. The highest BCUT2D eigenvalue weighted by atomic mass is 32.1. The maximum atomic E-state index is 7.53. The number of benzene rings is 1. The number of thiophene rings is 1. The maximum Gasteiger partial charge on any atom is 0.129 e. The summed E-state index contributed by atoms with van der Waals surface area (Å²) in [5, 5.41) is 9.55. The molecule has 0 saturated heterocycles. The minimum atomic E-state index is -0.00282. The predicted octanol–water partition coefficient (Wildman–Crippen LogP) is 2.76. The van der Waals surface area contributed by atoms with Gasteiger partial charge in [0.05, 0.1) is 25.9 Å². The molecule has 1 heterocycles. The van der Waals surface area contributed by atoms with Gasteiger partial charge in [-0.05, 0) is 29.1 Å². The fourth-order valence-electron chi connectivity index (χ4n) is 1.72. The van der Waals surface area contributed by atoms with Gasteiger partial charge in [0.25, 0.3) is 0 Å². The van der Waals surface area contributed by atoms with Crippen LogP contribution in [0.3, 0.4) is 0 Å². The van der Waals surface area contributed by atoms with Crippen LogP contribution in [0.5, 0.6) is 5.75 Å². The molecule has 0 atom stereocenters. The van der Waals surface area contributed by atoms with Crippen LogP contribution in [0.2, 0.25) is 0 Å². The number of amidine groups is 1. The van der Waals surface area contributed by atoms with Crippen LogP contribution in [0.15, 0.2) is 35.7 Å². The highest BCUT2D eigenvalue weighted by Gasteiger charge is 2.07. The van der Waals surface area contributed by atoms with Crippen LogP contribution < -0.4 is 10.5 Å². The molecule has 0 aliphatic carbocycles. The molecule has 0 fully saturated rings. The molecular formula is C14H16N2O2S. The Balaban J connectivity index is 2.00. The molecule has 2 rings (SSSR count). The van der Waals surface area contributed by atoms with Crippen molar-refractivity contribution in [3.8, 4) is 5.75 Å². The molecule has 4 nitrogen and oxygen atoms in total. The molecular weight excluding hydrogens is 260 g/mol. The number of methoxy groups -OCH3 is 1. The highest BCUT2D eigenvalue weighted by Crippen LogP contribution is 2.20. The van der Waals surface area contributed by atoms with Crippen molar-refractivity contribution >= 4 is 17.2 Å². The van der Waals surface area contributed by atoms with E-state index >= 15 is 0 Å². The van der Waals surface area contributed by atoms with E-state index in [4.69, 9.17) is 20.6 Å². The molecule has 0 aliphatic heterocycles. The molecule has 0 amide bonds. The van der Waals surface area contributed by atoms with Gasteiger partial charge in [0.1, 0.15) is 11.6 Å². The number of hydrogen-bond donors (Lipinski definition) is 2. The van der Waals surface area contributed by atoms with Crippen molar-refractivity contribution < 1.29 is 9.47 Å². The van der Waals surface area contributed by atoms with Gasteiger partial charge in [-0.15, -0.1) is 11.3 Å². The molecule has 5 heteroatoms. The number of nitrogen functional groups attached to an aromatic ring is 1. The average Bonchev–Trinajstić information content (AvgIpc) is 2.91. The van der Waals surface area contributed by atoms with Gasteiger partial charge in [0.15, 0.2) is 0 Å². The monoisotopic (exact) mass is 276 g/mol. The maximum absolute atomic E-state index is 7.53. The van der Waals surface area contributed by atoms with E-state index in [1.165, 1.54) is 4.88 Å². The van der Waals surface area contributed by atoms with E-state index in [1.54, 1.807) is 24.5 Å². The summed E-state index contributed by atoms with van der Waals surface area (Å²) in [6.07, 6.45) is 0. The van der Waals surface area contributed by atoms with Gasteiger partial charge >= 0.3 is 0 Å². The van der Waals surface area contributed by atoms with Crippen LogP contribution in [0.1, 0.15) is 16.0 Å². The van der Waals surface area contributed by atoms with E-state index in [-0.39, 0.29) is 5.84 Å². The largest absolute Gasteiger partial charge is 0.496 e. The molecule has 0 saturated carbocycles. The molecule has 0 spiro atoms. The number of hydrogen-bond acceptors (Lipinski definition) is 4. The van der Waals surface area contributed by atoms with Gasteiger partial charge in [-0.1, -0.05) is 12.1 Å². The van der Waals surface area contributed by atoms with E-state index in [0.717, 1.165) is 5.56 Å². The smallest absolute Gasteiger partial charge is 0.129 e. The Morgan fingerprint density at radius 2 is 2.16 bits per heavy atom. The lowest BCUT2D eigenvalue weighted by Gasteiger charge is -2.09. The van der Waals surface area contributed by atoms with Crippen molar-refractivity contribution in [2.45, 2.75) is 13.2 Å². The van der Waals surface area contributed by atoms with Gasteiger partial charge in [-0.25, -0.2) is 0 Å². The van der Waals surface area contributed by atoms with Crippen molar-refractivity contribution in [3.63, 3.8) is 0 Å². The third kappa shape index (κ3) is 3.56. The van der Waals surface area contributed by atoms with Crippen LogP contribution in [0.25, 0.3) is 0 Å². The third-order valence-corrected chi connectivity index (χ3v) is 3.50. The quantitative estimate of drug-likeness (QED) is 0.629. The van der Waals surface area contributed by atoms with Gasteiger partial charge in [0, 0.05) is 4.88 Å². The molecule has 0 aliphatic rings. The molecule has 1 aromatic carbocycles. The average molecular weight is 276 g/mol. The first-order valence-electron chi connectivity index (χ1n) is 5.82. The number of rotatable bonds is 6. The molecule has 1 aromatic heterocycles. The summed E-state index contributed by atoms with van der Waals surface area (Å²) in [6, 6.07) is 9.60. The number of ether oxygens (including phenoxy) is 2. The lowest BCUT2D eigenvalue weighted by Crippen LogP contribution is -2.13. The SMILES string of the molecule is COc1ccc(COCc2cccs2)cc1C(=N)N. The number of nitrogens with two attached hydrogens (primary N) is 1. The number of nitrogens with one attached hydrogen (secondary N) is 1. The highest BCUT2D eigenvalue weighted by molar-refractivity contribution is 7.09. The topological polar surface area (TPSA) is 68.3 Å². The van der Waals surface area contributed by atoms with E-state index in [1.807, 2.05) is 29.6 Å². The molecule has 0 bridgehead atoms. The summed E-state index contributed by atoms with van der Waals surface area (Å²) >= 11 is 1.67. The Bertz CT molecular complexity index is 553. The summed E-state index contributed by atoms with van der Waals surface area (Å²) in [5.41, 5.74) is 7.10. The van der Waals surface area contributed by atoms with E-state index in [0.29, 0.717) is 24.5 Å². The van der Waals surface area contributed by atoms with Gasteiger partial charge in [-0.3, -0.25) is 5.41 Å². The van der Waals surface area contributed by atoms with Crippen LogP contribution in [0, 0.1) is 5.41 Å². The summed E-state index contributed by atoms with van der Waals surface area (Å²) in [7, 11) is 1.56. The zero-order chi connectivity index (χ0) is 13.7. The predicted molar refractivity (Wildman–Crippen MR) is 76.8 cm³/mol. The molecule has 0 radical (unpaired) electrons. The lowest BCUT2D eigenvalue weighted by molar-refractivity contribution is 0.109. The molecule has 19 heavy (non-hydrogen) atoms. The summed E-state index contributed by atoms with van der Waals surface area (Å²) < 4.78 is 10.8. The van der Waals surface area contributed by atoms with Gasteiger partial charge in [-0.2, -0.15) is 0 Å². The summed E-state index contributed by atoms with van der Waals surface area (Å²) in [5.74, 6) is 0.603. The van der Waals surface area contributed by atoms with Gasteiger partial charge < -0.3 is 15.2 Å². The summed E-state index contributed by atoms with van der Waals surface area (Å²) in [6.45, 7) is 1.08. The Morgan fingerprint density at radius 1 is 1.32 bits per heavy atom. The van der Waals surface area contributed by atoms with Gasteiger partial charge in [0.2, 0.25) is 0 Å². The van der Waals surface area contributed by atoms with Crippen LogP contribution in [0.4, 0.5) is 0 Å². The molecule has 100 valence electrons. The Hall–Kier alpha value is -1.85. The van der Waals surface area contributed by atoms with Crippen LogP contribution in [-0.4, -0.2) is 12.9 Å². The molecule has 2 aromatic rings. The normalized spacial score (nSPS) is 10.4. The minimum Gasteiger partial charge on any atom is -0.496 e. The zero-order valence-electron chi connectivity index (χ0n) is 10.7. The summed E-state index contributed by atoms with van der Waals surface area (Å²) in [4.78, 5) is 1.19. The lowest BCUT2D eigenvalue weighted by atomic mass is 10.1.